The van der Waals surface area contributed by atoms with Crippen molar-refractivity contribution in [2.24, 2.45) is 5.92 Å². The van der Waals surface area contributed by atoms with Crippen molar-refractivity contribution in [3.05, 3.63) is 46.6 Å². The van der Waals surface area contributed by atoms with Gasteiger partial charge in [-0.05, 0) is 63.2 Å². The minimum Gasteiger partial charge on any atom is -0.369 e. The predicted molar refractivity (Wildman–Crippen MR) is 107 cm³/mol. The Morgan fingerprint density at radius 2 is 1.88 bits per heavy atom. The Labute approximate surface area is 156 Å². The van der Waals surface area contributed by atoms with E-state index in [0.717, 1.165) is 62.5 Å². The van der Waals surface area contributed by atoms with E-state index in [2.05, 4.69) is 53.6 Å². The van der Waals surface area contributed by atoms with Crippen LogP contribution in [0.15, 0.2) is 24.3 Å². The Balaban J connectivity index is 1.51. The zero-order chi connectivity index (χ0) is 17.9. The van der Waals surface area contributed by atoms with Crippen LogP contribution in [0, 0.1) is 19.8 Å². The molecular formula is C21H29N5. The van der Waals surface area contributed by atoms with Crippen molar-refractivity contribution < 1.29 is 0 Å². The molecule has 1 aromatic heterocycles. The van der Waals surface area contributed by atoms with Gasteiger partial charge in [0.15, 0.2) is 0 Å². The molecule has 0 atom stereocenters. The van der Waals surface area contributed by atoms with Gasteiger partial charge in [-0.25, -0.2) is 4.98 Å². The van der Waals surface area contributed by atoms with E-state index >= 15 is 0 Å². The van der Waals surface area contributed by atoms with Crippen LogP contribution in [0.25, 0.3) is 0 Å². The number of hydrogen-bond donors (Lipinski definition) is 2. The maximum atomic E-state index is 4.90. The molecule has 5 heteroatoms. The number of nitrogens with zero attached hydrogens (tertiary/aromatic N) is 3. The topological polar surface area (TPSA) is 53.1 Å². The lowest BCUT2D eigenvalue weighted by atomic mass is 9.98. The van der Waals surface area contributed by atoms with Crippen LogP contribution in [0.4, 0.5) is 11.8 Å². The first-order chi connectivity index (χ1) is 12.7. The van der Waals surface area contributed by atoms with Crippen molar-refractivity contribution in [3.8, 4) is 0 Å². The maximum absolute atomic E-state index is 4.90. The van der Waals surface area contributed by atoms with Crippen LogP contribution in [-0.4, -0.2) is 36.1 Å². The number of anilines is 2. The van der Waals surface area contributed by atoms with Gasteiger partial charge < -0.3 is 15.5 Å². The summed E-state index contributed by atoms with van der Waals surface area (Å²) in [6.07, 6.45) is 3.54. The molecule has 0 saturated carbocycles. The number of hydrogen-bond acceptors (Lipinski definition) is 5. The van der Waals surface area contributed by atoms with Gasteiger partial charge in [0.2, 0.25) is 5.95 Å². The van der Waals surface area contributed by atoms with Crippen LogP contribution in [0.1, 0.15) is 35.2 Å². The summed E-state index contributed by atoms with van der Waals surface area (Å²) < 4.78 is 0. The minimum atomic E-state index is 0.733. The van der Waals surface area contributed by atoms with E-state index in [1.54, 1.807) is 0 Å². The Morgan fingerprint density at radius 3 is 2.69 bits per heavy atom. The Bertz CT molecular complexity index is 767. The molecule has 0 spiro atoms. The van der Waals surface area contributed by atoms with Gasteiger partial charge in [0.1, 0.15) is 5.82 Å². The van der Waals surface area contributed by atoms with E-state index in [1.807, 2.05) is 0 Å². The molecule has 2 aromatic rings. The van der Waals surface area contributed by atoms with E-state index in [0.29, 0.717) is 0 Å². The van der Waals surface area contributed by atoms with Gasteiger partial charge in [0, 0.05) is 30.9 Å². The molecule has 2 N–H and O–H groups in total. The molecule has 0 amide bonds. The van der Waals surface area contributed by atoms with Crippen LogP contribution in [0.5, 0.6) is 0 Å². The molecule has 2 aliphatic rings. The average Bonchev–Trinajstić information content (AvgIpc) is 2.69. The molecule has 5 nitrogen and oxygen atoms in total. The molecule has 26 heavy (non-hydrogen) atoms. The first-order valence-electron chi connectivity index (χ1n) is 9.82. The molecule has 2 aliphatic heterocycles. The van der Waals surface area contributed by atoms with Crippen molar-refractivity contribution >= 4 is 11.8 Å². The van der Waals surface area contributed by atoms with Gasteiger partial charge >= 0.3 is 0 Å². The number of rotatable bonds is 4. The highest BCUT2D eigenvalue weighted by atomic mass is 15.3. The largest absolute Gasteiger partial charge is 0.369 e. The van der Waals surface area contributed by atoms with Gasteiger partial charge in [0.25, 0.3) is 0 Å². The van der Waals surface area contributed by atoms with Crippen LogP contribution >= 0.6 is 0 Å². The number of aryl methyl sites for hydroxylation is 1. The smallest absolute Gasteiger partial charge is 0.227 e. The van der Waals surface area contributed by atoms with Crippen LogP contribution in [0.2, 0.25) is 0 Å². The zero-order valence-electron chi connectivity index (χ0n) is 15.9. The lowest BCUT2D eigenvalue weighted by Crippen LogP contribution is -2.33. The van der Waals surface area contributed by atoms with Crippen molar-refractivity contribution in [2.45, 2.75) is 39.7 Å². The van der Waals surface area contributed by atoms with Crippen molar-refractivity contribution in [1.29, 1.82) is 0 Å². The molecular weight excluding hydrogens is 322 g/mol. The Morgan fingerprint density at radius 1 is 1.12 bits per heavy atom. The highest BCUT2D eigenvalue weighted by molar-refractivity contribution is 5.51. The molecule has 0 radical (unpaired) electrons. The first-order valence-corrected chi connectivity index (χ1v) is 9.82. The van der Waals surface area contributed by atoms with Gasteiger partial charge in [-0.15, -0.1) is 0 Å². The second kappa shape index (κ2) is 7.62. The normalized spacial score (nSPS) is 17.8. The number of piperidine rings is 1. The molecule has 138 valence electrons. The van der Waals surface area contributed by atoms with Crippen molar-refractivity contribution in [1.82, 2.24) is 15.3 Å². The minimum absolute atomic E-state index is 0.733. The van der Waals surface area contributed by atoms with Gasteiger partial charge in [-0.2, -0.15) is 4.98 Å². The second-order valence-corrected chi connectivity index (χ2v) is 7.60. The van der Waals surface area contributed by atoms with Crippen molar-refractivity contribution in [3.63, 3.8) is 0 Å². The summed E-state index contributed by atoms with van der Waals surface area (Å²) in [5.74, 6) is 2.59. The Kier molecular flexibility index (Phi) is 5.07. The first kappa shape index (κ1) is 17.3. The summed E-state index contributed by atoms with van der Waals surface area (Å²) in [5, 5.41) is 7.05. The summed E-state index contributed by atoms with van der Waals surface area (Å²) in [6, 6.07) is 8.71. The summed E-state index contributed by atoms with van der Waals surface area (Å²) in [5.41, 5.74) is 5.09. The number of benzene rings is 1. The fourth-order valence-electron chi connectivity index (χ4n) is 3.92. The summed E-state index contributed by atoms with van der Waals surface area (Å²) in [4.78, 5) is 12.0. The number of nitrogens with one attached hydrogen (secondary N) is 2. The third-order valence-corrected chi connectivity index (χ3v) is 5.81. The number of fused-ring (bicyclic) bond motifs is 1. The fourth-order valence-corrected chi connectivity index (χ4v) is 3.92. The second-order valence-electron chi connectivity index (χ2n) is 7.60. The molecule has 1 saturated heterocycles. The Hall–Kier alpha value is -2.14. The van der Waals surface area contributed by atoms with Crippen LogP contribution < -0.4 is 15.5 Å². The van der Waals surface area contributed by atoms with Crippen LogP contribution in [-0.2, 0) is 13.0 Å². The summed E-state index contributed by atoms with van der Waals surface area (Å²) in [7, 11) is 0. The number of aromatic nitrogens is 2. The van der Waals surface area contributed by atoms with Gasteiger partial charge in [0.05, 0.1) is 0 Å². The summed E-state index contributed by atoms with van der Waals surface area (Å²) in [6.45, 7) is 9.35. The van der Waals surface area contributed by atoms with Crippen LogP contribution in [0.3, 0.4) is 0 Å². The standard InChI is InChI=1S/C21H29N5/c1-15-16(2)24-21(25-20(15)23-13-17-7-10-22-11-8-17)26-12-9-18-5-3-4-6-19(18)14-26/h3-6,17,22H,7-14H2,1-2H3,(H,23,24,25). The van der Waals surface area contributed by atoms with E-state index in [4.69, 9.17) is 9.97 Å². The van der Waals surface area contributed by atoms with E-state index in [9.17, 15) is 0 Å². The maximum Gasteiger partial charge on any atom is 0.227 e. The highest BCUT2D eigenvalue weighted by Gasteiger charge is 2.20. The molecule has 3 heterocycles. The monoisotopic (exact) mass is 351 g/mol. The molecule has 1 aromatic carbocycles. The molecule has 1 fully saturated rings. The lowest BCUT2D eigenvalue weighted by molar-refractivity contribution is 0.389. The van der Waals surface area contributed by atoms with Crippen molar-refractivity contribution in [2.75, 3.05) is 36.4 Å². The highest BCUT2D eigenvalue weighted by Crippen LogP contribution is 2.25. The molecule has 4 rings (SSSR count). The quantitative estimate of drug-likeness (QED) is 0.887. The van der Waals surface area contributed by atoms with E-state index in [-0.39, 0.29) is 0 Å². The van der Waals surface area contributed by atoms with Gasteiger partial charge in [-0.1, -0.05) is 24.3 Å². The third kappa shape index (κ3) is 3.68. The van der Waals surface area contributed by atoms with E-state index < -0.39 is 0 Å². The molecule has 0 aliphatic carbocycles. The lowest BCUT2D eigenvalue weighted by Gasteiger charge is -2.30. The SMILES string of the molecule is Cc1nc(N2CCc3ccccc3C2)nc(NCC2CCNCC2)c1C. The third-order valence-electron chi connectivity index (χ3n) is 5.81. The average molecular weight is 351 g/mol. The zero-order valence-corrected chi connectivity index (χ0v) is 15.9. The van der Waals surface area contributed by atoms with Gasteiger partial charge in [-0.3, -0.25) is 0 Å². The van der Waals surface area contributed by atoms with E-state index in [1.165, 1.54) is 29.5 Å². The molecule has 0 bridgehead atoms. The fraction of sp³-hybridized carbons (Fsp3) is 0.524. The predicted octanol–water partition coefficient (Wildman–Crippen LogP) is 3.07. The molecule has 0 unspecified atom stereocenters. The summed E-state index contributed by atoms with van der Waals surface area (Å²) >= 11 is 0.